The lowest BCUT2D eigenvalue weighted by atomic mass is 10.2. The van der Waals surface area contributed by atoms with Gasteiger partial charge in [0, 0.05) is 34.5 Å². The van der Waals surface area contributed by atoms with Crippen LogP contribution < -0.4 is 10.6 Å². The Morgan fingerprint density at radius 2 is 2.10 bits per heavy atom. The molecule has 110 valence electrons. The predicted molar refractivity (Wildman–Crippen MR) is 73.9 cm³/mol. The summed E-state index contributed by atoms with van der Waals surface area (Å²) in [6.45, 7) is 1.69. The zero-order valence-electron chi connectivity index (χ0n) is 11.0. The lowest BCUT2D eigenvalue weighted by molar-refractivity contribution is 0.0692. The third-order valence-corrected chi connectivity index (χ3v) is 3.29. The molecule has 0 radical (unpaired) electrons. The third-order valence-electron chi connectivity index (χ3n) is 2.32. The maximum atomic E-state index is 13.2. The molecule has 0 spiro atoms. The Bertz CT molecular complexity index is 550. The maximum Gasteiger partial charge on any atom is 0.338 e. The number of carbonyl (C=O) groups excluding carboxylic acids is 1. The number of aromatic carboxylic acids is 1. The number of hydrogen-bond donors (Lipinski definition) is 3. The number of anilines is 1. The first-order valence-electron chi connectivity index (χ1n) is 5.70. The Kier molecular flexibility index (Phi) is 5.63. The highest BCUT2D eigenvalue weighted by Gasteiger charge is 2.13. The average molecular weight is 302 g/mol. The van der Waals surface area contributed by atoms with Crippen molar-refractivity contribution in [2.75, 3.05) is 17.3 Å². The van der Waals surface area contributed by atoms with Crippen molar-refractivity contribution in [2.24, 2.45) is 0 Å². The van der Waals surface area contributed by atoms with Crippen LogP contribution in [0.4, 0.5) is 14.9 Å². The lowest BCUT2D eigenvalue weighted by Gasteiger charge is -2.13. The van der Waals surface area contributed by atoms with Crippen molar-refractivity contribution in [2.45, 2.75) is 13.0 Å². The van der Waals surface area contributed by atoms with Crippen molar-refractivity contribution in [3.8, 4) is 0 Å². The number of rotatable bonds is 5. The standard InChI is InChI=1S/C12H15FN2O4S/c1-7(6-20(2)19)14-12(18)15-8-3-4-10(13)9(5-8)11(16)17/h3-5,7H,6H2,1-2H3,(H,16,17)(H2,14,15,18). The Morgan fingerprint density at radius 1 is 1.45 bits per heavy atom. The number of nitrogens with one attached hydrogen (secondary N) is 2. The van der Waals surface area contributed by atoms with Crippen LogP contribution in [0.25, 0.3) is 0 Å². The van der Waals surface area contributed by atoms with Crippen LogP contribution in [0.15, 0.2) is 18.2 Å². The van der Waals surface area contributed by atoms with Gasteiger partial charge in [0.05, 0.1) is 5.56 Å². The van der Waals surface area contributed by atoms with Gasteiger partial charge in [-0.15, -0.1) is 0 Å². The topological polar surface area (TPSA) is 95.5 Å². The van der Waals surface area contributed by atoms with E-state index in [4.69, 9.17) is 5.11 Å². The van der Waals surface area contributed by atoms with E-state index in [1.54, 1.807) is 6.92 Å². The molecule has 0 heterocycles. The van der Waals surface area contributed by atoms with E-state index in [9.17, 15) is 18.2 Å². The number of carboxylic acid groups (broad SMARTS) is 1. The third kappa shape index (κ3) is 4.96. The molecule has 0 aromatic heterocycles. The van der Waals surface area contributed by atoms with Crippen LogP contribution in [0, 0.1) is 5.82 Å². The van der Waals surface area contributed by atoms with Crippen molar-refractivity contribution < 1.29 is 23.3 Å². The van der Waals surface area contributed by atoms with Crippen molar-refractivity contribution in [3.63, 3.8) is 0 Å². The molecular weight excluding hydrogens is 287 g/mol. The molecule has 0 aliphatic rings. The smallest absolute Gasteiger partial charge is 0.338 e. The molecule has 0 saturated carbocycles. The van der Waals surface area contributed by atoms with Crippen LogP contribution >= 0.6 is 0 Å². The molecule has 0 saturated heterocycles. The number of urea groups is 1. The van der Waals surface area contributed by atoms with Gasteiger partial charge in [-0.3, -0.25) is 4.21 Å². The second-order valence-electron chi connectivity index (χ2n) is 4.24. The summed E-state index contributed by atoms with van der Waals surface area (Å²) in [5, 5.41) is 13.7. The quantitative estimate of drug-likeness (QED) is 0.766. The average Bonchev–Trinajstić information content (AvgIpc) is 2.29. The minimum absolute atomic E-state index is 0.158. The fourth-order valence-corrected chi connectivity index (χ4v) is 2.34. The molecule has 1 rings (SSSR count). The molecular formula is C12H15FN2O4S. The van der Waals surface area contributed by atoms with Gasteiger partial charge in [-0.1, -0.05) is 0 Å². The summed E-state index contributed by atoms with van der Waals surface area (Å²) in [5.41, 5.74) is -0.364. The number of carboxylic acids is 1. The summed E-state index contributed by atoms with van der Waals surface area (Å²) in [7, 11) is -1.04. The van der Waals surface area contributed by atoms with Gasteiger partial charge in [0.1, 0.15) is 5.82 Å². The first-order valence-corrected chi connectivity index (χ1v) is 7.42. The molecule has 3 N–H and O–H groups in total. The van der Waals surface area contributed by atoms with Gasteiger partial charge in [-0.2, -0.15) is 0 Å². The molecule has 8 heteroatoms. The van der Waals surface area contributed by atoms with E-state index in [2.05, 4.69) is 10.6 Å². The number of benzene rings is 1. The van der Waals surface area contributed by atoms with Gasteiger partial charge in [0.15, 0.2) is 0 Å². The van der Waals surface area contributed by atoms with Gasteiger partial charge in [0.25, 0.3) is 0 Å². The zero-order valence-corrected chi connectivity index (χ0v) is 11.8. The highest BCUT2D eigenvalue weighted by atomic mass is 32.2. The molecule has 0 fully saturated rings. The first kappa shape index (κ1) is 16.1. The molecule has 6 nitrogen and oxygen atoms in total. The highest BCUT2D eigenvalue weighted by Crippen LogP contribution is 2.14. The molecule has 0 bridgehead atoms. The first-order chi connectivity index (χ1) is 9.29. The van der Waals surface area contributed by atoms with Gasteiger partial charge in [-0.05, 0) is 25.1 Å². The Balaban J connectivity index is 2.69. The normalized spacial score (nSPS) is 13.3. The number of hydrogen-bond acceptors (Lipinski definition) is 3. The summed E-state index contributed by atoms with van der Waals surface area (Å²) in [6, 6.07) is 2.36. The van der Waals surface area contributed by atoms with E-state index in [-0.39, 0.29) is 11.7 Å². The molecule has 2 amide bonds. The fraction of sp³-hybridized carbons (Fsp3) is 0.333. The minimum atomic E-state index is -1.42. The van der Waals surface area contributed by atoms with Crippen LogP contribution in [-0.4, -0.2) is 39.4 Å². The fourth-order valence-electron chi connectivity index (χ4n) is 1.55. The van der Waals surface area contributed by atoms with Gasteiger partial charge in [0.2, 0.25) is 0 Å². The molecule has 20 heavy (non-hydrogen) atoms. The second kappa shape index (κ2) is 6.99. The van der Waals surface area contributed by atoms with Crippen molar-refractivity contribution in [1.82, 2.24) is 5.32 Å². The highest BCUT2D eigenvalue weighted by molar-refractivity contribution is 7.84. The molecule has 2 unspecified atom stereocenters. The summed E-state index contributed by atoms with van der Waals surface area (Å²) >= 11 is 0. The van der Waals surface area contributed by atoms with E-state index in [1.807, 2.05) is 0 Å². The second-order valence-corrected chi connectivity index (χ2v) is 5.72. The van der Waals surface area contributed by atoms with E-state index < -0.39 is 34.2 Å². The van der Waals surface area contributed by atoms with Crippen LogP contribution in [0.3, 0.4) is 0 Å². The summed E-state index contributed by atoms with van der Waals surface area (Å²) in [5.74, 6) is -1.99. The van der Waals surface area contributed by atoms with E-state index >= 15 is 0 Å². The number of carbonyl (C=O) groups is 2. The molecule has 1 aromatic rings. The molecule has 2 atom stereocenters. The van der Waals surface area contributed by atoms with Gasteiger partial charge >= 0.3 is 12.0 Å². The summed E-state index contributed by atoms with van der Waals surface area (Å²) in [4.78, 5) is 22.4. The molecule has 1 aromatic carbocycles. The SMILES string of the molecule is CC(CS(C)=O)NC(=O)Nc1ccc(F)c(C(=O)O)c1. The van der Waals surface area contributed by atoms with Crippen molar-refractivity contribution in [1.29, 1.82) is 0 Å². The molecule has 0 aliphatic heterocycles. The lowest BCUT2D eigenvalue weighted by Crippen LogP contribution is -2.39. The number of amides is 2. The van der Waals surface area contributed by atoms with E-state index in [0.717, 1.165) is 12.1 Å². The van der Waals surface area contributed by atoms with Crippen LogP contribution in [0.5, 0.6) is 0 Å². The monoisotopic (exact) mass is 302 g/mol. The predicted octanol–water partition coefficient (Wildman–Crippen LogP) is 1.41. The van der Waals surface area contributed by atoms with E-state index in [0.29, 0.717) is 5.75 Å². The van der Waals surface area contributed by atoms with Gasteiger partial charge in [-0.25, -0.2) is 14.0 Å². The minimum Gasteiger partial charge on any atom is -0.478 e. The van der Waals surface area contributed by atoms with Crippen molar-refractivity contribution >= 4 is 28.5 Å². The van der Waals surface area contributed by atoms with Crippen LogP contribution in [-0.2, 0) is 10.8 Å². The number of halogens is 1. The van der Waals surface area contributed by atoms with Crippen molar-refractivity contribution in [3.05, 3.63) is 29.6 Å². The van der Waals surface area contributed by atoms with Crippen LogP contribution in [0.1, 0.15) is 17.3 Å². The molecule has 0 aliphatic carbocycles. The summed E-state index contributed by atoms with van der Waals surface area (Å²) in [6.07, 6.45) is 1.52. The summed E-state index contributed by atoms with van der Waals surface area (Å²) < 4.78 is 24.2. The van der Waals surface area contributed by atoms with Gasteiger partial charge < -0.3 is 15.7 Å². The maximum absolute atomic E-state index is 13.2. The Morgan fingerprint density at radius 3 is 2.65 bits per heavy atom. The largest absolute Gasteiger partial charge is 0.478 e. The Labute approximate surface area is 117 Å². The zero-order chi connectivity index (χ0) is 15.3. The van der Waals surface area contributed by atoms with Crippen LogP contribution in [0.2, 0.25) is 0 Å². The van der Waals surface area contributed by atoms with E-state index in [1.165, 1.54) is 12.3 Å². The Hall–Kier alpha value is -1.96.